The first-order valence-electron chi connectivity index (χ1n) is 12.5. The lowest BCUT2D eigenvalue weighted by Gasteiger charge is -2.38. The van der Waals surface area contributed by atoms with Crippen molar-refractivity contribution in [3.8, 4) is 5.75 Å². The Hall–Kier alpha value is -2.81. The van der Waals surface area contributed by atoms with Crippen LogP contribution in [0.2, 0.25) is 0 Å². The highest BCUT2D eigenvalue weighted by atomic mass is 16.7. The molecule has 0 aromatic heterocycles. The molecule has 39 heavy (non-hydrogen) atoms. The summed E-state index contributed by atoms with van der Waals surface area (Å²) >= 11 is 0. The summed E-state index contributed by atoms with van der Waals surface area (Å²) in [7, 11) is 1.63. The van der Waals surface area contributed by atoms with Crippen LogP contribution in [-0.2, 0) is 35.1 Å². The number of ether oxygens (including phenoxy) is 5. The van der Waals surface area contributed by atoms with Crippen molar-refractivity contribution in [3.63, 3.8) is 0 Å². The third-order valence-corrected chi connectivity index (χ3v) is 6.42. The van der Waals surface area contributed by atoms with Gasteiger partial charge in [-0.2, -0.15) is 0 Å². The van der Waals surface area contributed by atoms with Crippen molar-refractivity contribution >= 4 is 18.3 Å². The van der Waals surface area contributed by atoms with Gasteiger partial charge in [-0.05, 0) is 58.2 Å². The Balaban J connectivity index is 2.14. The van der Waals surface area contributed by atoms with Crippen LogP contribution in [0.4, 0.5) is 0 Å². The number of benzene rings is 1. The lowest BCUT2D eigenvalue weighted by molar-refractivity contribution is -0.271. The van der Waals surface area contributed by atoms with Gasteiger partial charge in [0.25, 0.3) is 12.4 Å². The molecule has 0 radical (unpaired) electrons. The summed E-state index contributed by atoms with van der Waals surface area (Å²) in [5.74, 6) is -2.25. The Morgan fingerprint density at radius 2 is 1.74 bits per heavy atom. The average molecular weight is 558 g/mol. The summed E-state index contributed by atoms with van der Waals surface area (Å²) in [6, 6.07) is 4.24. The average Bonchev–Trinajstić information content (AvgIpc) is 2.87. The molecule has 1 amide bonds. The number of aliphatic carboxylic acids is 1. The molecule has 0 aliphatic carbocycles. The van der Waals surface area contributed by atoms with E-state index in [1.165, 1.54) is 18.2 Å². The van der Waals surface area contributed by atoms with Crippen LogP contribution in [0.3, 0.4) is 0 Å². The zero-order valence-corrected chi connectivity index (χ0v) is 22.8. The van der Waals surface area contributed by atoms with Crippen LogP contribution in [0.25, 0.3) is 0 Å². The molecule has 13 heteroatoms. The van der Waals surface area contributed by atoms with E-state index in [-0.39, 0.29) is 36.5 Å². The van der Waals surface area contributed by atoms with Crippen LogP contribution >= 0.6 is 0 Å². The second kappa shape index (κ2) is 14.0. The predicted molar refractivity (Wildman–Crippen MR) is 135 cm³/mol. The predicted octanol–water partition coefficient (Wildman–Crippen LogP) is 0.361. The van der Waals surface area contributed by atoms with Crippen molar-refractivity contribution in [2.24, 2.45) is 0 Å². The van der Waals surface area contributed by atoms with Gasteiger partial charge in [0.05, 0.1) is 23.4 Å². The summed E-state index contributed by atoms with van der Waals surface area (Å²) in [5, 5.41) is 42.3. The molecule has 1 aromatic rings. The maximum Gasteiger partial charge on any atom is 0.335 e. The molecule has 1 aromatic carbocycles. The number of hydrogen-bond acceptors (Lipinski definition) is 11. The van der Waals surface area contributed by atoms with Crippen molar-refractivity contribution in [2.45, 2.75) is 89.1 Å². The number of aliphatic hydroxyl groups is 3. The molecule has 1 aliphatic rings. The Kier molecular flexibility index (Phi) is 11.6. The van der Waals surface area contributed by atoms with E-state index < -0.39 is 48.2 Å². The van der Waals surface area contributed by atoms with Crippen LogP contribution in [0.5, 0.6) is 5.75 Å². The molecular formula is C26H39NO12. The summed E-state index contributed by atoms with van der Waals surface area (Å²) in [6.07, 6.45) is -8.03. The largest absolute Gasteiger partial charge is 0.479 e. The summed E-state index contributed by atoms with van der Waals surface area (Å²) in [5.41, 5.74) is -0.453. The van der Waals surface area contributed by atoms with Gasteiger partial charge in [0.15, 0.2) is 6.10 Å². The lowest BCUT2D eigenvalue weighted by Crippen LogP contribution is -2.61. The van der Waals surface area contributed by atoms with E-state index in [2.05, 4.69) is 5.32 Å². The first-order valence-corrected chi connectivity index (χ1v) is 12.5. The summed E-state index contributed by atoms with van der Waals surface area (Å²) in [4.78, 5) is 35.1. The molecule has 1 fully saturated rings. The first-order chi connectivity index (χ1) is 18.2. The molecule has 0 bridgehead atoms. The number of carbonyl (C=O) groups is 3. The minimum Gasteiger partial charge on any atom is -0.479 e. The van der Waals surface area contributed by atoms with Gasteiger partial charge in [-0.15, -0.1) is 0 Å². The SMILES string of the molecule is COC(C)(C)CCOC(C)(C)CCNC(=O)c1cc(COC=O)ccc1O[C@@H]1O[C@H](C(=O)O)[C@@H](O)[C@H](O)[C@H]1O. The van der Waals surface area contributed by atoms with Gasteiger partial charge < -0.3 is 49.4 Å². The third kappa shape index (κ3) is 9.41. The van der Waals surface area contributed by atoms with Crippen molar-refractivity contribution in [1.29, 1.82) is 0 Å². The van der Waals surface area contributed by atoms with Crippen LogP contribution in [-0.4, -0.2) is 101 Å². The van der Waals surface area contributed by atoms with Crippen LogP contribution < -0.4 is 10.1 Å². The smallest absolute Gasteiger partial charge is 0.335 e. The molecule has 1 aliphatic heterocycles. The quantitative estimate of drug-likeness (QED) is 0.186. The zero-order valence-electron chi connectivity index (χ0n) is 22.8. The number of methoxy groups -OCH3 is 1. The van der Waals surface area contributed by atoms with E-state index >= 15 is 0 Å². The molecule has 0 unspecified atom stereocenters. The van der Waals surface area contributed by atoms with E-state index in [0.29, 0.717) is 25.0 Å². The fourth-order valence-electron chi connectivity index (χ4n) is 3.67. The maximum absolute atomic E-state index is 13.1. The van der Waals surface area contributed by atoms with Crippen molar-refractivity contribution in [2.75, 3.05) is 20.3 Å². The fraction of sp³-hybridized carbons (Fsp3) is 0.654. The Bertz CT molecular complexity index is 982. The molecule has 2 rings (SSSR count). The van der Waals surface area contributed by atoms with Gasteiger partial charge in [0.2, 0.25) is 6.29 Å². The van der Waals surface area contributed by atoms with Gasteiger partial charge in [-0.3, -0.25) is 9.59 Å². The molecule has 13 nitrogen and oxygen atoms in total. The monoisotopic (exact) mass is 557 g/mol. The Labute approximate surface area is 227 Å². The third-order valence-electron chi connectivity index (χ3n) is 6.42. The van der Waals surface area contributed by atoms with E-state index in [1.807, 2.05) is 27.7 Å². The molecular weight excluding hydrogens is 518 g/mol. The van der Waals surface area contributed by atoms with Crippen LogP contribution in [0.15, 0.2) is 18.2 Å². The number of carboxylic acid groups (broad SMARTS) is 1. The maximum atomic E-state index is 13.1. The minimum absolute atomic E-state index is 0.0224. The summed E-state index contributed by atoms with van der Waals surface area (Å²) < 4.78 is 26.9. The molecule has 1 saturated heterocycles. The second-order valence-corrected chi connectivity index (χ2v) is 10.4. The van der Waals surface area contributed by atoms with Gasteiger partial charge in [0, 0.05) is 13.7 Å². The van der Waals surface area contributed by atoms with Crippen LogP contribution in [0, 0.1) is 0 Å². The van der Waals surface area contributed by atoms with E-state index in [9.17, 15) is 34.8 Å². The van der Waals surface area contributed by atoms with Gasteiger partial charge in [-0.25, -0.2) is 4.79 Å². The van der Waals surface area contributed by atoms with E-state index in [4.69, 9.17) is 23.7 Å². The zero-order chi connectivity index (χ0) is 29.4. The molecule has 1 heterocycles. The number of carboxylic acids is 1. The Morgan fingerprint density at radius 1 is 1.05 bits per heavy atom. The van der Waals surface area contributed by atoms with Gasteiger partial charge in [0.1, 0.15) is 30.7 Å². The summed E-state index contributed by atoms with van der Waals surface area (Å²) in [6.45, 7) is 8.51. The molecule has 5 N–H and O–H groups in total. The highest BCUT2D eigenvalue weighted by molar-refractivity contribution is 5.97. The fourth-order valence-corrected chi connectivity index (χ4v) is 3.67. The van der Waals surface area contributed by atoms with Crippen LogP contribution in [0.1, 0.15) is 56.5 Å². The first kappa shape index (κ1) is 32.4. The minimum atomic E-state index is -1.89. The number of nitrogens with one attached hydrogen (secondary N) is 1. The highest BCUT2D eigenvalue weighted by Gasteiger charge is 2.48. The molecule has 0 saturated carbocycles. The number of rotatable bonds is 15. The molecule has 5 atom stereocenters. The number of hydrogen-bond donors (Lipinski definition) is 5. The van der Waals surface area contributed by atoms with E-state index in [0.717, 1.165) is 0 Å². The normalized spacial score (nSPS) is 23.6. The lowest BCUT2D eigenvalue weighted by atomic mass is 9.99. The van der Waals surface area contributed by atoms with Crippen molar-refractivity contribution in [1.82, 2.24) is 5.32 Å². The Morgan fingerprint density at radius 3 is 2.36 bits per heavy atom. The molecule has 220 valence electrons. The van der Waals surface area contributed by atoms with Crippen molar-refractivity contribution < 1.29 is 58.5 Å². The van der Waals surface area contributed by atoms with E-state index in [1.54, 1.807) is 7.11 Å². The molecule has 0 spiro atoms. The highest BCUT2D eigenvalue weighted by Crippen LogP contribution is 2.28. The standard InChI is InChI=1S/C26H39NO12/c1-25(2,35-5)9-11-37-26(3,4)8-10-27-22(32)16-12-15(13-36-14-28)6-7-17(16)38-24-20(31)18(29)19(30)21(39-24)23(33)34/h6-7,12,14,18-21,24,29-31H,8-11,13H2,1-5H3,(H,27,32)(H,33,34)/t18-,19-,20+,21-,24+/m0/s1. The topological polar surface area (TPSA) is 190 Å². The van der Waals surface area contributed by atoms with Crippen molar-refractivity contribution in [3.05, 3.63) is 29.3 Å². The number of aliphatic hydroxyl groups excluding tert-OH is 3. The van der Waals surface area contributed by atoms with Gasteiger partial charge >= 0.3 is 5.97 Å². The van der Waals surface area contributed by atoms with Gasteiger partial charge in [-0.1, -0.05) is 6.07 Å². The number of carbonyl (C=O) groups excluding carboxylic acids is 2. The number of amides is 1. The second-order valence-electron chi connectivity index (χ2n) is 10.4.